The number of nitrogens with one attached hydrogen (secondary N) is 2. The normalized spacial score (nSPS) is 22.6. The zero-order chi connectivity index (χ0) is 43.8. The van der Waals surface area contributed by atoms with Crippen LogP contribution in [0.1, 0.15) is 100 Å². The lowest BCUT2D eigenvalue weighted by atomic mass is 9.82. The van der Waals surface area contributed by atoms with Crippen LogP contribution in [-0.4, -0.2) is 95.4 Å². The van der Waals surface area contributed by atoms with E-state index in [4.69, 9.17) is 4.98 Å². The van der Waals surface area contributed by atoms with E-state index in [-0.39, 0.29) is 42.7 Å². The second-order valence-electron chi connectivity index (χ2n) is 18.5. The average molecular weight is 870 g/mol. The number of fused-ring (bicyclic) bond motifs is 2. The Morgan fingerprint density at radius 2 is 1.54 bits per heavy atom. The van der Waals surface area contributed by atoms with E-state index >= 15 is 0 Å². The second kappa shape index (κ2) is 18.2. The molecular formula is C47H58F3N9O4. The molecule has 4 fully saturated rings. The van der Waals surface area contributed by atoms with Crippen LogP contribution in [0.25, 0.3) is 33.2 Å². The zero-order valence-corrected chi connectivity index (χ0v) is 36.0. The molecule has 3 N–H and O–H groups in total. The van der Waals surface area contributed by atoms with Crippen molar-refractivity contribution in [2.75, 3.05) is 38.0 Å². The first-order valence-electron chi connectivity index (χ1n) is 22.8. The summed E-state index contributed by atoms with van der Waals surface area (Å²) in [5, 5.41) is 16.2. The van der Waals surface area contributed by atoms with E-state index in [9.17, 15) is 32.7 Å². The van der Waals surface area contributed by atoms with E-state index in [0.717, 1.165) is 104 Å². The number of para-hydroxylation sites is 1. The summed E-state index contributed by atoms with van der Waals surface area (Å²) in [5.41, 5.74) is 6.40. The maximum absolute atomic E-state index is 13.4. The Bertz CT molecular complexity index is 2490. The van der Waals surface area contributed by atoms with Crippen molar-refractivity contribution in [2.45, 2.75) is 115 Å². The van der Waals surface area contributed by atoms with Gasteiger partial charge in [0.25, 0.3) is 0 Å². The molecule has 0 radical (unpaired) electrons. The van der Waals surface area contributed by atoms with Crippen molar-refractivity contribution >= 4 is 39.8 Å². The quantitative estimate of drug-likeness (QED) is 0.112. The van der Waals surface area contributed by atoms with Gasteiger partial charge in [-0.05, 0) is 125 Å². The van der Waals surface area contributed by atoms with Gasteiger partial charge in [-0.25, -0.2) is 9.78 Å². The van der Waals surface area contributed by atoms with Gasteiger partial charge in [0.05, 0.1) is 23.6 Å². The Morgan fingerprint density at radius 3 is 2.21 bits per heavy atom. The minimum atomic E-state index is -4.26. The zero-order valence-electron chi connectivity index (χ0n) is 36.0. The maximum atomic E-state index is 13.4. The van der Waals surface area contributed by atoms with E-state index in [0.29, 0.717) is 30.8 Å². The number of alkyl halides is 3. The van der Waals surface area contributed by atoms with Crippen LogP contribution < -0.4 is 16.3 Å². The molecule has 2 aromatic carbocycles. The van der Waals surface area contributed by atoms with Crippen LogP contribution in [0.5, 0.6) is 0 Å². The molecule has 1 saturated carbocycles. The molecule has 16 heteroatoms. The molecule has 63 heavy (non-hydrogen) atoms. The summed E-state index contributed by atoms with van der Waals surface area (Å²) >= 11 is 0. The van der Waals surface area contributed by atoms with E-state index in [2.05, 4.69) is 66.5 Å². The van der Waals surface area contributed by atoms with E-state index in [1.54, 1.807) is 22.4 Å². The van der Waals surface area contributed by atoms with Gasteiger partial charge in [0.15, 0.2) is 0 Å². The van der Waals surface area contributed by atoms with Crippen LogP contribution in [0.15, 0.2) is 59.7 Å². The molecule has 4 aliphatic rings. The third-order valence-corrected chi connectivity index (χ3v) is 14.2. The van der Waals surface area contributed by atoms with Crippen molar-refractivity contribution in [3.63, 3.8) is 0 Å². The van der Waals surface area contributed by atoms with Gasteiger partial charge in [-0.2, -0.15) is 18.2 Å². The number of rotatable bonds is 12. The molecule has 0 spiro atoms. The summed E-state index contributed by atoms with van der Waals surface area (Å²) in [7, 11) is 1.77. The van der Waals surface area contributed by atoms with Gasteiger partial charge < -0.3 is 15.0 Å². The Labute approximate surface area is 364 Å². The fraction of sp³-hybridized carbons (Fsp3) is 0.553. The lowest BCUT2D eigenvalue weighted by Gasteiger charge is -2.37. The van der Waals surface area contributed by atoms with Crippen LogP contribution in [0, 0.1) is 11.8 Å². The highest BCUT2D eigenvalue weighted by Crippen LogP contribution is 2.38. The van der Waals surface area contributed by atoms with Gasteiger partial charge in [-0.1, -0.05) is 36.4 Å². The van der Waals surface area contributed by atoms with Gasteiger partial charge in [0, 0.05) is 62.5 Å². The molecule has 3 aliphatic heterocycles. The Hall–Kier alpha value is -5.06. The highest BCUT2D eigenvalue weighted by molar-refractivity contribution is 6.00. The van der Waals surface area contributed by atoms with Crippen LogP contribution in [0.2, 0.25) is 0 Å². The standard InChI is InChI=1S/C47H58F3N9O4/c1-55-42-34(3-2-4-39(42)59(46(55)63)40-13-14-41(61)53-44(40)62)28-57-23-17-31(18-24-57)25-30-15-21-56(22-16-30)27-32-5-7-33(8-6-32)38-29-58(35-9-11-36(60)12-10-35)43-37(38)26-52-45(54-43)51-20-19-47(48,49)50/h2-8,26,29-31,35-36,40,60H,9-25,27-28H2,1H3,(H,51,52,54)(H,53,61,62)/t35?,36?,40-/m0/s1. The van der Waals surface area contributed by atoms with Crippen molar-refractivity contribution in [3.05, 3.63) is 76.5 Å². The Morgan fingerprint density at radius 1 is 0.857 bits per heavy atom. The number of halogens is 3. The Kier molecular flexibility index (Phi) is 12.5. The molecule has 3 aromatic heterocycles. The summed E-state index contributed by atoms with van der Waals surface area (Å²) in [6.45, 7) is 5.52. The van der Waals surface area contributed by atoms with Crippen molar-refractivity contribution in [3.8, 4) is 11.1 Å². The molecule has 336 valence electrons. The van der Waals surface area contributed by atoms with E-state index < -0.39 is 24.5 Å². The smallest absolute Gasteiger partial charge is 0.390 e. The molecule has 9 rings (SSSR count). The summed E-state index contributed by atoms with van der Waals surface area (Å²) in [4.78, 5) is 52.0. The van der Waals surface area contributed by atoms with Gasteiger partial charge in [-0.3, -0.25) is 33.8 Å². The third-order valence-electron chi connectivity index (χ3n) is 14.2. The molecule has 1 aliphatic carbocycles. The highest BCUT2D eigenvalue weighted by atomic mass is 19.4. The number of hydrogen-bond donors (Lipinski definition) is 3. The summed E-state index contributed by atoms with van der Waals surface area (Å²) in [6, 6.07) is 14.1. The number of piperidine rings is 3. The summed E-state index contributed by atoms with van der Waals surface area (Å²) < 4.78 is 43.8. The van der Waals surface area contributed by atoms with Crippen molar-refractivity contribution in [1.82, 2.24) is 38.8 Å². The number of benzene rings is 2. The largest absolute Gasteiger partial charge is 0.393 e. The number of aryl methyl sites for hydroxylation is 1. The molecule has 13 nitrogen and oxygen atoms in total. The highest BCUT2D eigenvalue weighted by Gasteiger charge is 2.33. The lowest BCUT2D eigenvalue weighted by Crippen LogP contribution is -2.44. The maximum Gasteiger partial charge on any atom is 0.390 e. The molecule has 0 bridgehead atoms. The minimum absolute atomic E-state index is 0.137. The minimum Gasteiger partial charge on any atom is -0.393 e. The molecule has 2 amide bonds. The van der Waals surface area contributed by atoms with Gasteiger partial charge >= 0.3 is 11.9 Å². The van der Waals surface area contributed by atoms with Crippen LogP contribution in [0.4, 0.5) is 19.1 Å². The first-order chi connectivity index (χ1) is 30.4. The van der Waals surface area contributed by atoms with Crippen molar-refractivity contribution < 1.29 is 27.9 Å². The molecule has 6 heterocycles. The number of imidazole rings is 1. The number of aliphatic hydroxyl groups is 1. The van der Waals surface area contributed by atoms with Gasteiger partial charge in [0.1, 0.15) is 11.7 Å². The predicted molar refractivity (Wildman–Crippen MR) is 235 cm³/mol. The lowest BCUT2D eigenvalue weighted by molar-refractivity contribution is -0.136. The average Bonchev–Trinajstić information content (AvgIpc) is 3.76. The fourth-order valence-corrected chi connectivity index (χ4v) is 10.7. The van der Waals surface area contributed by atoms with Crippen LogP contribution in [-0.2, 0) is 29.7 Å². The first-order valence-corrected chi connectivity index (χ1v) is 22.8. The van der Waals surface area contributed by atoms with Gasteiger partial charge in [0.2, 0.25) is 17.8 Å². The number of carbonyl (C=O) groups is 2. The van der Waals surface area contributed by atoms with Crippen molar-refractivity contribution in [1.29, 1.82) is 0 Å². The van der Waals surface area contributed by atoms with Crippen molar-refractivity contribution in [2.24, 2.45) is 18.9 Å². The first kappa shape index (κ1) is 43.2. The van der Waals surface area contributed by atoms with Crippen LogP contribution >= 0.6 is 0 Å². The number of imide groups is 1. The molecular weight excluding hydrogens is 812 g/mol. The monoisotopic (exact) mass is 869 g/mol. The number of anilines is 1. The number of likely N-dealkylation sites (tertiary alicyclic amines) is 2. The number of aromatic nitrogens is 5. The predicted octanol–water partition coefficient (Wildman–Crippen LogP) is 7.08. The van der Waals surface area contributed by atoms with Gasteiger partial charge in [-0.15, -0.1) is 0 Å². The number of nitrogens with zero attached hydrogens (tertiary/aromatic N) is 7. The number of aliphatic hydroxyl groups excluding tert-OH is 1. The molecule has 3 saturated heterocycles. The second-order valence-corrected chi connectivity index (χ2v) is 18.5. The van der Waals surface area contributed by atoms with Crippen LogP contribution in [0.3, 0.4) is 0 Å². The number of carbonyl (C=O) groups excluding carboxylic acids is 2. The topological polar surface area (TPSA) is 143 Å². The summed E-state index contributed by atoms with van der Waals surface area (Å²) in [5.74, 6) is 0.895. The molecule has 5 aromatic rings. The molecule has 0 unspecified atom stereocenters. The molecule has 1 atom stereocenters. The Balaban J connectivity index is 0.771. The number of hydrogen-bond acceptors (Lipinski definition) is 9. The van der Waals surface area contributed by atoms with E-state index in [1.807, 2.05) is 12.1 Å². The fourth-order valence-electron chi connectivity index (χ4n) is 10.7. The summed E-state index contributed by atoms with van der Waals surface area (Å²) in [6.07, 6.45) is 7.80. The number of amides is 2. The third kappa shape index (κ3) is 9.58. The SMILES string of the molecule is Cn1c(=O)n([C@H]2CCC(=O)NC2=O)c2cccc(CN3CCC(CC4CCN(Cc5ccc(-c6cn(C7CCC(O)CC7)c7nc(NCCC(F)(F)F)ncc67)cc5)CC4)CC3)c21. The van der Waals surface area contributed by atoms with E-state index in [1.165, 1.54) is 24.8 Å².